The van der Waals surface area contributed by atoms with E-state index in [1.165, 1.54) is 0 Å². The minimum atomic E-state index is 0.319. The van der Waals surface area contributed by atoms with Gasteiger partial charge in [0.1, 0.15) is 0 Å². The zero-order chi connectivity index (χ0) is 8.85. The molecule has 1 rings (SSSR count). The highest BCUT2D eigenvalue weighted by atomic mass is 16.2. The van der Waals surface area contributed by atoms with Gasteiger partial charge in [-0.15, -0.1) is 0 Å². The van der Waals surface area contributed by atoms with Crippen LogP contribution < -0.4 is 5.32 Å². The molecule has 0 amide bonds. The SMILES string of the molecule is CCCO.CNC1C(C)C1C. The van der Waals surface area contributed by atoms with E-state index in [4.69, 9.17) is 5.11 Å². The van der Waals surface area contributed by atoms with Gasteiger partial charge < -0.3 is 10.4 Å². The third-order valence-electron chi connectivity index (χ3n) is 2.38. The normalized spacial score (nSPS) is 34.1. The van der Waals surface area contributed by atoms with Crippen LogP contribution in [0, 0.1) is 11.8 Å². The molecule has 1 saturated carbocycles. The molecule has 1 aliphatic carbocycles. The Bertz CT molecular complexity index is 85.6. The number of nitrogens with one attached hydrogen (secondary N) is 1. The molecule has 0 heterocycles. The zero-order valence-electron chi connectivity index (χ0n) is 8.09. The van der Waals surface area contributed by atoms with Gasteiger partial charge in [-0.3, -0.25) is 0 Å². The third-order valence-corrected chi connectivity index (χ3v) is 2.38. The van der Waals surface area contributed by atoms with E-state index in [-0.39, 0.29) is 0 Å². The highest BCUT2D eigenvalue weighted by Crippen LogP contribution is 2.36. The van der Waals surface area contributed by atoms with Crippen LogP contribution in [0.5, 0.6) is 0 Å². The minimum Gasteiger partial charge on any atom is -0.396 e. The average Bonchev–Trinajstić information content (AvgIpc) is 2.60. The van der Waals surface area contributed by atoms with Crippen molar-refractivity contribution in [3.05, 3.63) is 0 Å². The van der Waals surface area contributed by atoms with Crippen molar-refractivity contribution in [1.29, 1.82) is 0 Å². The molecule has 11 heavy (non-hydrogen) atoms. The summed E-state index contributed by atoms with van der Waals surface area (Å²) in [6, 6.07) is 0.819. The topological polar surface area (TPSA) is 32.3 Å². The molecule has 2 N–H and O–H groups in total. The molecular formula is C9H21NO. The molecule has 0 aromatic heterocycles. The molecule has 0 aliphatic heterocycles. The highest BCUT2D eigenvalue weighted by molar-refractivity contribution is 4.96. The first kappa shape index (κ1) is 10.9. The lowest BCUT2D eigenvalue weighted by Gasteiger charge is -1.86. The van der Waals surface area contributed by atoms with Gasteiger partial charge in [0.2, 0.25) is 0 Å². The van der Waals surface area contributed by atoms with Crippen LogP contribution in [0.1, 0.15) is 27.2 Å². The third kappa shape index (κ3) is 3.73. The molecule has 2 nitrogen and oxygen atoms in total. The van der Waals surface area contributed by atoms with Crippen LogP contribution in [0.25, 0.3) is 0 Å². The van der Waals surface area contributed by atoms with Crippen molar-refractivity contribution in [1.82, 2.24) is 5.32 Å². The molecule has 2 heteroatoms. The summed E-state index contributed by atoms with van der Waals surface area (Å²) in [6.45, 7) is 6.82. The molecular weight excluding hydrogens is 138 g/mol. The van der Waals surface area contributed by atoms with Gasteiger partial charge in [0.25, 0.3) is 0 Å². The van der Waals surface area contributed by atoms with Crippen molar-refractivity contribution in [3.8, 4) is 0 Å². The Morgan fingerprint density at radius 3 is 1.64 bits per heavy atom. The maximum Gasteiger partial charge on any atom is 0.0428 e. The molecule has 2 atom stereocenters. The Morgan fingerprint density at radius 1 is 1.27 bits per heavy atom. The van der Waals surface area contributed by atoms with Gasteiger partial charge in [0, 0.05) is 12.6 Å². The Labute approximate surface area is 70.0 Å². The van der Waals surface area contributed by atoms with E-state index in [0.29, 0.717) is 6.61 Å². The number of rotatable bonds is 2. The summed E-state index contributed by atoms with van der Waals surface area (Å²) in [5.41, 5.74) is 0. The molecule has 1 fully saturated rings. The van der Waals surface area contributed by atoms with E-state index in [1.54, 1.807) is 0 Å². The van der Waals surface area contributed by atoms with E-state index >= 15 is 0 Å². The van der Waals surface area contributed by atoms with Crippen LogP contribution >= 0.6 is 0 Å². The Kier molecular flexibility index (Phi) is 5.51. The summed E-state index contributed by atoms with van der Waals surface area (Å²) in [7, 11) is 2.03. The summed E-state index contributed by atoms with van der Waals surface area (Å²) in [5.74, 6) is 1.84. The zero-order valence-corrected chi connectivity index (χ0v) is 8.09. The van der Waals surface area contributed by atoms with Crippen molar-refractivity contribution in [2.45, 2.75) is 33.2 Å². The fourth-order valence-corrected chi connectivity index (χ4v) is 1.19. The van der Waals surface area contributed by atoms with Crippen molar-refractivity contribution >= 4 is 0 Å². The first-order valence-electron chi connectivity index (χ1n) is 4.47. The van der Waals surface area contributed by atoms with Crippen LogP contribution in [-0.4, -0.2) is 24.8 Å². The van der Waals surface area contributed by atoms with Gasteiger partial charge in [-0.2, -0.15) is 0 Å². The monoisotopic (exact) mass is 159 g/mol. The Hall–Kier alpha value is -0.0800. The van der Waals surface area contributed by atoms with E-state index in [2.05, 4.69) is 19.2 Å². The predicted octanol–water partition coefficient (Wildman–Crippen LogP) is 1.25. The van der Waals surface area contributed by atoms with Crippen molar-refractivity contribution in [2.24, 2.45) is 11.8 Å². The molecule has 0 radical (unpaired) electrons. The maximum absolute atomic E-state index is 7.88. The largest absolute Gasteiger partial charge is 0.396 e. The van der Waals surface area contributed by atoms with Crippen molar-refractivity contribution in [2.75, 3.05) is 13.7 Å². The number of aliphatic hydroxyl groups excluding tert-OH is 1. The second-order valence-corrected chi connectivity index (χ2v) is 3.26. The van der Waals surface area contributed by atoms with Crippen molar-refractivity contribution < 1.29 is 5.11 Å². The highest BCUT2D eigenvalue weighted by Gasteiger charge is 2.41. The number of hydrogen-bond donors (Lipinski definition) is 2. The lowest BCUT2D eigenvalue weighted by Crippen LogP contribution is -2.10. The van der Waals surface area contributed by atoms with Crippen LogP contribution in [-0.2, 0) is 0 Å². The van der Waals surface area contributed by atoms with Gasteiger partial charge in [0.05, 0.1) is 0 Å². The van der Waals surface area contributed by atoms with E-state index in [9.17, 15) is 0 Å². The second-order valence-electron chi connectivity index (χ2n) is 3.26. The molecule has 0 saturated heterocycles. The maximum atomic E-state index is 7.88. The fourth-order valence-electron chi connectivity index (χ4n) is 1.19. The van der Waals surface area contributed by atoms with E-state index < -0.39 is 0 Å². The molecule has 68 valence electrons. The van der Waals surface area contributed by atoms with Crippen LogP contribution in [0.15, 0.2) is 0 Å². The van der Waals surface area contributed by atoms with E-state index in [0.717, 1.165) is 24.3 Å². The summed E-state index contributed by atoms with van der Waals surface area (Å²) >= 11 is 0. The van der Waals surface area contributed by atoms with Crippen LogP contribution in [0.2, 0.25) is 0 Å². The lowest BCUT2D eigenvalue weighted by molar-refractivity contribution is 0.295. The first-order chi connectivity index (χ1) is 5.18. The van der Waals surface area contributed by atoms with Gasteiger partial charge >= 0.3 is 0 Å². The minimum absolute atomic E-state index is 0.319. The number of aliphatic hydroxyl groups is 1. The summed E-state index contributed by atoms with van der Waals surface area (Å²) in [5, 5.41) is 11.1. The second kappa shape index (κ2) is 5.56. The van der Waals surface area contributed by atoms with Crippen molar-refractivity contribution in [3.63, 3.8) is 0 Å². The van der Waals surface area contributed by atoms with Gasteiger partial charge in [0.15, 0.2) is 0 Å². The standard InChI is InChI=1S/C6H13N.C3H8O/c1-4-5(2)6(4)7-3;1-2-3-4/h4-7H,1-3H3;4H,2-3H2,1H3. The van der Waals surface area contributed by atoms with E-state index in [1.807, 2.05) is 14.0 Å². The quantitative estimate of drug-likeness (QED) is 0.635. The molecule has 0 spiro atoms. The van der Waals surface area contributed by atoms with Crippen LogP contribution in [0.3, 0.4) is 0 Å². The average molecular weight is 159 g/mol. The van der Waals surface area contributed by atoms with Crippen LogP contribution in [0.4, 0.5) is 0 Å². The molecule has 0 aromatic rings. The lowest BCUT2D eigenvalue weighted by atomic mass is 10.4. The first-order valence-corrected chi connectivity index (χ1v) is 4.47. The smallest absolute Gasteiger partial charge is 0.0428 e. The molecule has 1 aliphatic rings. The molecule has 0 bridgehead atoms. The summed E-state index contributed by atoms with van der Waals surface area (Å²) in [6.07, 6.45) is 0.875. The fraction of sp³-hybridized carbons (Fsp3) is 1.00. The molecule has 0 aromatic carbocycles. The van der Waals surface area contributed by atoms with Gasteiger partial charge in [-0.05, 0) is 25.3 Å². The number of hydrogen-bond acceptors (Lipinski definition) is 2. The Balaban J connectivity index is 0.000000218. The van der Waals surface area contributed by atoms with Gasteiger partial charge in [-0.1, -0.05) is 20.8 Å². The summed E-state index contributed by atoms with van der Waals surface area (Å²) < 4.78 is 0. The molecule has 2 unspecified atom stereocenters. The summed E-state index contributed by atoms with van der Waals surface area (Å²) in [4.78, 5) is 0. The Morgan fingerprint density at radius 2 is 1.64 bits per heavy atom. The van der Waals surface area contributed by atoms with Gasteiger partial charge in [-0.25, -0.2) is 0 Å². The predicted molar refractivity (Wildman–Crippen MR) is 48.6 cm³/mol.